The van der Waals surface area contributed by atoms with Crippen molar-refractivity contribution in [2.24, 2.45) is 0 Å². The summed E-state index contributed by atoms with van der Waals surface area (Å²) in [6.45, 7) is 4.16. The van der Waals surface area contributed by atoms with Crippen LogP contribution in [0.2, 0.25) is 0 Å². The highest BCUT2D eigenvalue weighted by Crippen LogP contribution is 2.29. The topological polar surface area (TPSA) is 38.9 Å². The quantitative estimate of drug-likeness (QED) is 0.865. The third kappa shape index (κ3) is 2.06. The number of nitrogens with two attached hydrogens (primary N) is 1. The van der Waals surface area contributed by atoms with Gasteiger partial charge in [0.05, 0.1) is 5.69 Å². The van der Waals surface area contributed by atoms with E-state index in [-0.39, 0.29) is 0 Å². The van der Waals surface area contributed by atoms with Crippen molar-refractivity contribution in [3.63, 3.8) is 0 Å². The molecule has 0 aliphatic rings. The molecular formula is C11H11BrN2S. The van der Waals surface area contributed by atoms with Crippen LogP contribution < -0.4 is 5.73 Å². The molecule has 0 radical (unpaired) electrons. The fourth-order valence-corrected chi connectivity index (χ4v) is 2.32. The Balaban J connectivity index is 2.55. The Labute approximate surface area is 101 Å². The van der Waals surface area contributed by atoms with Gasteiger partial charge < -0.3 is 5.73 Å². The maximum Gasteiger partial charge on any atom is 0.180 e. The first kappa shape index (κ1) is 10.6. The standard InChI is InChI=1S/C11H11BrN2S/c1-6-3-8(4-7(2)10(6)12)9-5-15-11(13)14-9/h3-5H,1-2H3,(H2,13,14). The maximum atomic E-state index is 5.62. The van der Waals surface area contributed by atoms with Crippen LogP contribution in [0.5, 0.6) is 0 Å². The molecule has 0 fully saturated rings. The van der Waals surface area contributed by atoms with Crippen LogP contribution in [-0.4, -0.2) is 4.98 Å². The molecule has 78 valence electrons. The smallest absolute Gasteiger partial charge is 0.180 e. The summed E-state index contributed by atoms with van der Waals surface area (Å²) < 4.78 is 1.16. The van der Waals surface area contributed by atoms with Gasteiger partial charge in [0.1, 0.15) is 0 Å². The van der Waals surface area contributed by atoms with E-state index < -0.39 is 0 Å². The average Bonchev–Trinajstić information content (AvgIpc) is 2.60. The van der Waals surface area contributed by atoms with Crippen LogP contribution in [0.4, 0.5) is 5.13 Å². The first-order valence-corrected chi connectivity index (χ1v) is 6.23. The van der Waals surface area contributed by atoms with Gasteiger partial charge in [-0.1, -0.05) is 15.9 Å². The van der Waals surface area contributed by atoms with E-state index in [9.17, 15) is 0 Å². The largest absolute Gasteiger partial charge is 0.375 e. The van der Waals surface area contributed by atoms with Gasteiger partial charge in [-0.05, 0) is 37.1 Å². The third-order valence-electron chi connectivity index (χ3n) is 2.25. The molecule has 2 nitrogen and oxygen atoms in total. The molecular weight excluding hydrogens is 272 g/mol. The van der Waals surface area contributed by atoms with E-state index in [2.05, 4.69) is 46.9 Å². The monoisotopic (exact) mass is 282 g/mol. The van der Waals surface area contributed by atoms with Crippen LogP contribution in [-0.2, 0) is 0 Å². The summed E-state index contributed by atoms with van der Waals surface area (Å²) in [5.41, 5.74) is 10.1. The number of benzene rings is 1. The highest BCUT2D eigenvalue weighted by atomic mass is 79.9. The molecule has 4 heteroatoms. The lowest BCUT2D eigenvalue weighted by molar-refractivity contribution is 1.32. The summed E-state index contributed by atoms with van der Waals surface area (Å²) in [7, 11) is 0. The number of aryl methyl sites for hydroxylation is 2. The second-order valence-corrected chi connectivity index (χ2v) is 5.18. The Morgan fingerprint density at radius 1 is 1.27 bits per heavy atom. The molecule has 1 heterocycles. The van der Waals surface area contributed by atoms with E-state index in [0.29, 0.717) is 5.13 Å². The molecule has 1 aromatic heterocycles. The minimum atomic E-state index is 0.614. The minimum absolute atomic E-state index is 0.614. The number of hydrogen-bond donors (Lipinski definition) is 1. The first-order valence-electron chi connectivity index (χ1n) is 4.56. The number of nitrogens with zero attached hydrogens (tertiary/aromatic N) is 1. The molecule has 2 aromatic rings. The lowest BCUT2D eigenvalue weighted by atomic mass is 10.1. The summed E-state index contributed by atoms with van der Waals surface area (Å²) >= 11 is 5.02. The van der Waals surface area contributed by atoms with Gasteiger partial charge in [-0.25, -0.2) is 4.98 Å². The van der Waals surface area contributed by atoms with E-state index >= 15 is 0 Å². The second kappa shape index (κ2) is 3.94. The number of anilines is 1. The molecule has 0 saturated carbocycles. The number of rotatable bonds is 1. The summed E-state index contributed by atoms with van der Waals surface area (Å²) in [5.74, 6) is 0. The second-order valence-electron chi connectivity index (χ2n) is 3.50. The molecule has 0 spiro atoms. The molecule has 0 unspecified atom stereocenters. The summed E-state index contributed by atoms with van der Waals surface area (Å²) in [4.78, 5) is 4.27. The van der Waals surface area contributed by atoms with Gasteiger partial charge in [0.25, 0.3) is 0 Å². The number of nitrogen functional groups attached to an aromatic ring is 1. The van der Waals surface area contributed by atoms with Crippen molar-refractivity contribution in [1.29, 1.82) is 0 Å². The van der Waals surface area contributed by atoms with E-state index in [1.54, 1.807) is 0 Å². The molecule has 0 bridgehead atoms. The van der Waals surface area contributed by atoms with Crippen molar-refractivity contribution >= 4 is 32.4 Å². The normalized spacial score (nSPS) is 10.6. The van der Waals surface area contributed by atoms with Crippen LogP contribution in [0.3, 0.4) is 0 Å². The van der Waals surface area contributed by atoms with E-state index in [1.807, 2.05) is 5.38 Å². The minimum Gasteiger partial charge on any atom is -0.375 e. The first-order chi connectivity index (χ1) is 7.08. The molecule has 2 N–H and O–H groups in total. The molecule has 2 rings (SSSR count). The zero-order chi connectivity index (χ0) is 11.0. The Kier molecular flexibility index (Phi) is 2.80. The van der Waals surface area contributed by atoms with Crippen LogP contribution in [0, 0.1) is 13.8 Å². The third-order valence-corrected chi connectivity index (χ3v) is 4.18. The predicted octanol–water partition coefficient (Wildman–Crippen LogP) is 3.77. The van der Waals surface area contributed by atoms with Gasteiger partial charge in [0, 0.05) is 15.4 Å². The summed E-state index contributed by atoms with van der Waals surface area (Å²) in [5, 5.41) is 2.60. The SMILES string of the molecule is Cc1cc(-c2csc(N)n2)cc(C)c1Br. The molecule has 0 amide bonds. The van der Waals surface area contributed by atoms with Crippen LogP contribution in [0.1, 0.15) is 11.1 Å². The van der Waals surface area contributed by atoms with Gasteiger partial charge in [-0.2, -0.15) is 0 Å². The van der Waals surface area contributed by atoms with Gasteiger partial charge in [-0.3, -0.25) is 0 Å². The number of halogens is 1. The molecule has 0 aliphatic heterocycles. The summed E-state index contributed by atoms with van der Waals surface area (Å²) in [6.07, 6.45) is 0. The van der Waals surface area contributed by atoms with Crippen LogP contribution in [0.15, 0.2) is 22.0 Å². The van der Waals surface area contributed by atoms with Crippen molar-refractivity contribution in [2.75, 3.05) is 5.73 Å². The Bertz CT molecular complexity index is 482. The molecule has 15 heavy (non-hydrogen) atoms. The lowest BCUT2D eigenvalue weighted by Crippen LogP contribution is -1.87. The average molecular weight is 283 g/mol. The highest BCUT2D eigenvalue weighted by molar-refractivity contribution is 9.10. The lowest BCUT2D eigenvalue weighted by Gasteiger charge is -2.05. The van der Waals surface area contributed by atoms with E-state index in [4.69, 9.17) is 5.73 Å². The fourth-order valence-electron chi connectivity index (χ4n) is 1.51. The van der Waals surface area contributed by atoms with Crippen LogP contribution in [0.25, 0.3) is 11.3 Å². The van der Waals surface area contributed by atoms with Crippen molar-refractivity contribution < 1.29 is 0 Å². The number of thiazole rings is 1. The van der Waals surface area contributed by atoms with Crippen LogP contribution >= 0.6 is 27.3 Å². The molecule has 0 saturated heterocycles. The van der Waals surface area contributed by atoms with Crippen molar-refractivity contribution in [3.05, 3.63) is 33.1 Å². The number of aromatic nitrogens is 1. The zero-order valence-corrected chi connectivity index (χ0v) is 10.9. The van der Waals surface area contributed by atoms with E-state index in [0.717, 1.165) is 15.7 Å². The Morgan fingerprint density at radius 3 is 2.33 bits per heavy atom. The van der Waals surface area contributed by atoms with E-state index in [1.165, 1.54) is 22.5 Å². The van der Waals surface area contributed by atoms with Gasteiger partial charge in [0.15, 0.2) is 5.13 Å². The Hall–Kier alpha value is -0.870. The zero-order valence-electron chi connectivity index (χ0n) is 8.54. The van der Waals surface area contributed by atoms with Gasteiger partial charge in [-0.15, -0.1) is 11.3 Å². The summed E-state index contributed by atoms with van der Waals surface area (Å²) in [6, 6.07) is 4.23. The van der Waals surface area contributed by atoms with Crippen molar-refractivity contribution in [2.45, 2.75) is 13.8 Å². The van der Waals surface area contributed by atoms with Gasteiger partial charge >= 0.3 is 0 Å². The molecule has 1 aromatic carbocycles. The van der Waals surface area contributed by atoms with Gasteiger partial charge in [0.2, 0.25) is 0 Å². The molecule has 0 aliphatic carbocycles. The fraction of sp³-hybridized carbons (Fsp3) is 0.182. The number of hydrogen-bond acceptors (Lipinski definition) is 3. The highest BCUT2D eigenvalue weighted by Gasteiger charge is 2.06. The Morgan fingerprint density at radius 2 is 1.87 bits per heavy atom. The van der Waals surface area contributed by atoms with Crippen molar-refractivity contribution in [1.82, 2.24) is 4.98 Å². The predicted molar refractivity (Wildman–Crippen MR) is 69.1 cm³/mol. The van der Waals surface area contributed by atoms with Crippen molar-refractivity contribution in [3.8, 4) is 11.3 Å². The maximum absolute atomic E-state index is 5.62. The molecule has 0 atom stereocenters.